The minimum absolute atomic E-state index is 0.942. The molecule has 0 aliphatic rings. The highest BCUT2D eigenvalue weighted by atomic mass is 31.1. The van der Waals surface area contributed by atoms with Crippen molar-refractivity contribution in [3.8, 4) is 0 Å². The molecule has 2 aromatic rings. The van der Waals surface area contributed by atoms with E-state index >= 15 is 0 Å². The Hall–Kier alpha value is -0.700. The maximum absolute atomic E-state index is 2.22. The monoisotopic (exact) mass is 232 g/mol. The number of hydrogen-bond acceptors (Lipinski definition) is 0. The quantitative estimate of drug-likeness (QED) is 0.711. The second-order valence-corrected chi connectivity index (χ2v) is 6.54. The normalized spacial score (nSPS) is 11.7. The van der Waals surface area contributed by atoms with Crippen LogP contribution in [-0.2, 0) is 0 Å². The molecule has 2 heteroatoms. The van der Waals surface area contributed by atoms with Crippen molar-refractivity contribution in [1.29, 1.82) is 0 Å². The molecule has 0 aromatic heterocycles. The summed E-state index contributed by atoms with van der Waals surface area (Å²) in [5, 5.41) is 2.95. The van der Waals surface area contributed by atoms with Crippen LogP contribution in [-0.4, -0.2) is 5.90 Å². The standard InChI is InChI=1S/C13H14P2/c1-3-7-12(8-4-1)14-11-15-13-9-5-2-6-10-13/h1-10,14-15H,11H2. The Bertz CT molecular complexity index is 344. The molecule has 0 saturated heterocycles. The predicted molar refractivity (Wildman–Crippen MR) is 73.6 cm³/mol. The van der Waals surface area contributed by atoms with Crippen molar-refractivity contribution < 1.29 is 0 Å². The number of rotatable bonds is 4. The smallest absolute Gasteiger partial charge is 0.00947 e. The van der Waals surface area contributed by atoms with Crippen LogP contribution >= 0.6 is 17.2 Å². The molecule has 0 spiro atoms. The van der Waals surface area contributed by atoms with Crippen molar-refractivity contribution in [3.63, 3.8) is 0 Å². The second kappa shape index (κ2) is 6.01. The lowest BCUT2D eigenvalue weighted by molar-refractivity contribution is 1.77. The third-order valence-corrected chi connectivity index (χ3v) is 5.03. The summed E-state index contributed by atoms with van der Waals surface area (Å²) in [6, 6.07) is 21.5. The van der Waals surface area contributed by atoms with E-state index in [9.17, 15) is 0 Å². The lowest BCUT2D eigenvalue weighted by Crippen LogP contribution is -1.95. The van der Waals surface area contributed by atoms with Crippen LogP contribution < -0.4 is 10.6 Å². The van der Waals surface area contributed by atoms with E-state index in [-0.39, 0.29) is 0 Å². The molecule has 0 amide bonds. The molecule has 2 rings (SSSR count). The molecule has 2 atom stereocenters. The van der Waals surface area contributed by atoms with E-state index in [2.05, 4.69) is 60.7 Å². The molecule has 15 heavy (non-hydrogen) atoms. The third-order valence-electron chi connectivity index (χ3n) is 2.13. The van der Waals surface area contributed by atoms with Gasteiger partial charge in [0.25, 0.3) is 0 Å². The Labute approximate surface area is 94.7 Å². The van der Waals surface area contributed by atoms with Crippen LogP contribution in [0, 0.1) is 0 Å². The van der Waals surface area contributed by atoms with Gasteiger partial charge in [0.1, 0.15) is 0 Å². The second-order valence-electron chi connectivity index (χ2n) is 3.26. The first-order chi connectivity index (χ1) is 7.45. The molecule has 0 saturated carbocycles. The Morgan fingerprint density at radius 1 is 0.600 bits per heavy atom. The maximum atomic E-state index is 2.22. The van der Waals surface area contributed by atoms with Crippen LogP contribution in [0.2, 0.25) is 0 Å². The Balaban J connectivity index is 1.81. The van der Waals surface area contributed by atoms with Gasteiger partial charge in [-0.3, -0.25) is 0 Å². The topological polar surface area (TPSA) is 0 Å². The van der Waals surface area contributed by atoms with Gasteiger partial charge in [-0.2, -0.15) is 0 Å². The molecule has 76 valence electrons. The fourth-order valence-electron chi connectivity index (χ4n) is 1.36. The molecule has 0 bridgehead atoms. The molecule has 0 radical (unpaired) electrons. The fraction of sp³-hybridized carbons (Fsp3) is 0.0769. The van der Waals surface area contributed by atoms with Gasteiger partial charge in [0, 0.05) is 0 Å². The highest BCUT2D eigenvalue weighted by Gasteiger charge is 1.93. The summed E-state index contributed by atoms with van der Waals surface area (Å²) in [5.41, 5.74) is 0. The highest BCUT2D eigenvalue weighted by Crippen LogP contribution is 2.22. The largest absolute Gasteiger partial charge is 0.0859 e. The highest BCUT2D eigenvalue weighted by molar-refractivity contribution is 7.64. The summed E-state index contributed by atoms with van der Waals surface area (Å²) in [7, 11) is 1.88. The van der Waals surface area contributed by atoms with Gasteiger partial charge in [0.05, 0.1) is 0 Å². The molecule has 0 fully saturated rings. The van der Waals surface area contributed by atoms with E-state index < -0.39 is 0 Å². The van der Waals surface area contributed by atoms with Crippen LogP contribution in [0.25, 0.3) is 0 Å². The van der Waals surface area contributed by atoms with Crippen molar-refractivity contribution in [2.24, 2.45) is 0 Å². The SMILES string of the molecule is c1ccc(PCPc2ccccc2)cc1. The van der Waals surface area contributed by atoms with Crippen molar-refractivity contribution in [2.45, 2.75) is 0 Å². The van der Waals surface area contributed by atoms with Gasteiger partial charge in [0.2, 0.25) is 0 Å². The summed E-state index contributed by atoms with van der Waals surface area (Å²) >= 11 is 0. The van der Waals surface area contributed by atoms with Crippen LogP contribution in [0.1, 0.15) is 0 Å². The van der Waals surface area contributed by atoms with Crippen LogP contribution in [0.15, 0.2) is 60.7 Å². The average molecular weight is 232 g/mol. The van der Waals surface area contributed by atoms with Crippen molar-refractivity contribution in [2.75, 3.05) is 5.90 Å². The van der Waals surface area contributed by atoms with Gasteiger partial charge < -0.3 is 0 Å². The summed E-state index contributed by atoms with van der Waals surface area (Å²) in [6.45, 7) is 0. The van der Waals surface area contributed by atoms with Crippen LogP contribution in [0.3, 0.4) is 0 Å². The van der Waals surface area contributed by atoms with Crippen LogP contribution in [0.4, 0.5) is 0 Å². The van der Waals surface area contributed by atoms with E-state index in [0.29, 0.717) is 0 Å². The molecule has 0 aliphatic heterocycles. The molecule has 0 N–H and O–H groups in total. The van der Waals surface area contributed by atoms with Gasteiger partial charge in [-0.25, -0.2) is 0 Å². The van der Waals surface area contributed by atoms with E-state index in [4.69, 9.17) is 0 Å². The first-order valence-electron chi connectivity index (χ1n) is 5.03. The molecule has 2 unspecified atom stereocenters. The van der Waals surface area contributed by atoms with E-state index in [1.54, 1.807) is 0 Å². The van der Waals surface area contributed by atoms with E-state index in [1.807, 2.05) is 0 Å². The lowest BCUT2D eigenvalue weighted by Gasteiger charge is -2.02. The summed E-state index contributed by atoms with van der Waals surface area (Å²) in [5.74, 6) is 1.29. The Kier molecular flexibility index (Phi) is 4.33. The maximum Gasteiger partial charge on any atom is -0.00947 e. The van der Waals surface area contributed by atoms with Gasteiger partial charge in [-0.1, -0.05) is 77.8 Å². The lowest BCUT2D eigenvalue weighted by atomic mass is 10.4. The predicted octanol–water partition coefficient (Wildman–Crippen LogP) is 2.95. The van der Waals surface area contributed by atoms with Crippen molar-refractivity contribution in [1.82, 2.24) is 0 Å². The van der Waals surface area contributed by atoms with Crippen LogP contribution in [0.5, 0.6) is 0 Å². The van der Waals surface area contributed by atoms with E-state index in [1.165, 1.54) is 16.5 Å². The molecular weight excluding hydrogens is 218 g/mol. The Morgan fingerprint density at radius 2 is 1.00 bits per heavy atom. The molecule has 2 aromatic carbocycles. The molecule has 0 heterocycles. The summed E-state index contributed by atoms with van der Waals surface area (Å²) in [6.07, 6.45) is 0. The number of hydrogen-bond donors (Lipinski definition) is 0. The van der Waals surface area contributed by atoms with Gasteiger partial charge in [-0.05, 0) is 16.5 Å². The first kappa shape index (κ1) is 10.8. The average Bonchev–Trinajstić information content (AvgIpc) is 2.32. The molecule has 0 nitrogen and oxygen atoms in total. The summed E-state index contributed by atoms with van der Waals surface area (Å²) in [4.78, 5) is 0. The van der Waals surface area contributed by atoms with E-state index in [0.717, 1.165) is 17.2 Å². The fourth-order valence-corrected chi connectivity index (χ4v) is 4.20. The Morgan fingerprint density at radius 3 is 1.40 bits per heavy atom. The summed E-state index contributed by atoms with van der Waals surface area (Å²) < 4.78 is 0. The van der Waals surface area contributed by atoms with Crippen molar-refractivity contribution >= 4 is 27.8 Å². The minimum atomic E-state index is 0.942. The zero-order chi connectivity index (χ0) is 10.3. The number of benzene rings is 2. The third kappa shape index (κ3) is 3.74. The first-order valence-corrected chi connectivity index (χ1v) is 7.44. The van der Waals surface area contributed by atoms with Gasteiger partial charge in [0.15, 0.2) is 0 Å². The molecule has 0 aliphatic carbocycles. The molecular formula is C13H14P2. The zero-order valence-electron chi connectivity index (χ0n) is 8.48. The van der Waals surface area contributed by atoms with Gasteiger partial charge >= 0.3 is 0 Å². The minimum Gasteiger partial charge on any atom is -0.0859 e. The van der Waals surface area contributed by atoms with Gasteiger partial charge in [-0.15, -0.1) is 0 Å². The van der Waals surface area contributed by atoms with Crippen molar-refractivity contribution in [3.05, 3.63) is 60.7 Å². The zero-order valence-corrected chi connectivity index (χ0v) is 10.5.